The maximum Gasteiger partial charge on any atom is 0.163 e. The van der Waals surface area contributed by atoms with Gasteiger partial charge in [-0.2, -0.15) is 0 Å². The van der Waals surface area contributed by atoms with Crippen molar-refractivity contribution in [3.8, 4) is 0 Å². The van der Waals surface area contributed by atoms with E-state index in [1.165, 1.54) is 6.07 Å². The van der Waals surface area contributed by atoms with Crippen molar-refractivity contribution in [1.82, 2.24) is 14.7 Å². The summed E-state index contributed by atoms with van der Waals surface area (Å²) in [6, 6.07) is 8.16. The van der Waals surface area contributed by atoms with Crippen LogP contribution >= 0.6 is 0 Å². The summed E-state index contributed by atoms with van der Waals surface area (Å²) >= 11 is 0. The van der Waals surface area contributed by atoms with Crippen molar-refractivity contribution >= 4 is 5.65 Å². The van der Waals surface area contributed by atoms with E-state index in [9.17, 15) is 8.78 Å². The van der Waals surface area contributed by atoms with Crippen LogP contribution in [0.15, 0.2) is 42.7 Å². The van der Waals surface area contributed by atoms with E-state index in [1.54, 1.807) is 12.3 Å². The van der Waals surface area contributed by atoms with Crippen LogP contribution in [0.25, 0.3) is 5.65 Å². The standard InChI is InChI=1S/C16H15F2N3/c1-11-4-3-7-21-13(10-20-16(11)21)9-19-8-12-5-2-6-14(17)15(12)18/h2-7,10,19H,8-9H2,1H3. The molecule has 0 saturated carbocycles. The lowest BCUT2D eigenvalue weighted by Crippen LogP contribution is -2.15. The fraction of sp³-hybridized carbons (Fsp3) is 0.188. The minimum absolute atomic E-state index is 0.267. The van der Waals surface area contributed by atoms with Gasteiger partial charge in [0.2, 0.25) is 0 Å². The molecule has 0 spiro atoms. The van der Waals surface area contributed by atoms with Gasteiger partial charge in [-0.1, -0.05) is 18.2 Å². The summed E-state index contributed by atoms with van der Waals surface area (Å²) in [6.07, 6.45) is 3.73. The Labute approximate surface area is 121 Å². The highest BCUT2D eigenvalue weighted by atomic mass is 19.2. The van der Waals surface area contributed by atoms with Crippen molar-refractivity contribution in [3.05, 3.63) is 71.2 Å². The maximum atomic E-state index is 13.5. The molecule has 0 saturated heterocycles. The van der Waals surface area contributed by atoms with Crippen LogP contribution in [-0.4, -0.2) is 9.38 Å². The summed E-state index contributed by atoms with van der Waals surface area (Å²) in [5.74, 6) is -1.61. The van der Waals surface area contributed by atoms with Gasteiger partial charge in [-0.15, -0.1) is 0 Å². The minimum atomic E-state index is -0.820. The number of nitrogens with one attached hydrogen (secondary N) is 1. The van der Waals surface area contributed by atoms with Crippen LogP contribution in [0.4, 0.5) is 8.78 Å². The molecule has 1 N–H and O–H groups in total. The first-order valence-corrected chi connectivity index (χ1v) is 6.72. The third kappa shape index (κ3) is 2.64. The van der Waals surface area contributed by atoms with Crippen LogP contribution in [-0.2, 0) is 13.1 Å². The number of nitrogens with zero attached hydrogens (tertiary/aromatic N) is 2. The summed E-state index contributed by atoms with van der Waals surface area (Å²) in [5.41, 5.74) is 3.30. The van der Waals surface area contributed by atoms with Crippen molar-refractivity contribution in [1.29, 1.82) is 0 Å². The van der Waals surface area contributed by atoms with E-state index in [4.69, 9.17) is 0 Å². The van der Waals surface area contributed by atoms with Crippen molar-refractivity contribution < 1.29 is 8.78 Å². The zero-order chi connectivity index (χ0) is 14.8. The number of fused-ring (bicyclic) bond motifs is 1. The smallest absolute Gasteiger partial charge is 0.163 e. The Morgan fingerprint density at radius 1 is 1.14 bits per heavy atom. The average molecular weight is 287 g/mol. The van der Waals surface area contributed by atoms with E-state index < -0.39 is 11.6 Å². The Balaban J connectivity index is 1.73. The Morgan fingerprint density at radius 3 is 2.86 bits per heavy atom. The van der Waals surface area contributed by atoms with Crippen molar-refractivity contribution in [2.75, 3.05) is 0 Å². The fourth-order valence-electron chi connectivity index (χ4n) is 2.34. The van der Waals surface area contributed by atoms with Gasteiger partial charge in [-0.25, -0.2) is 13.8 Å². The number of aromatic nitrogens is 2. The second-order valence-corrected chi connectivity index (χ2v) is 4.95. The summed E-state index contributed by atoms with van der Waals surface area (Å²) in [7, 11) is 0. The lowest BCUT2D eigenvalue weighted by Gasteiger charge is -2.07. The summed E-state index contributed by atoms with van der Waals surface area (Å²) in [6.45, 7) is 2.80. The van der Waals surface area contributed by atoms with E-state index in [0.717, 1.165) is 23.0 Å². The molecule has 0 atom stereocenters. The van der Waals surface area contributed by atoms with E-state index in [-0.39, 0.29) is 6.54 Å². The van der Waals surface area contributed by atoms with Gasteiger partial charge in [0.15, 0.2) is 11.6 Å². The molecule has 1 aromatic carbocycles. The lowest BCUT2D eigenvalue weighted by atomic mass is 10.2. The largest absolute Gasteiger partial charge is 0.307 e. The molecule has 0 aliphatic heterocycles. The normalized spacial score (nSPS) is 11.2. The van der Waals surface area contributed by atoms with Gasteiger partial charge in [0.25, 0.3) is 0 Å². The fourth-order valence-corrected chi connectivity index (χ4v) is 2.34. The molecule has 3 nitrogen and oxygen atoms in total. The highest BCUT2D eigenvalue weighted by Gasteiger charge is 2.08. The van der Waals surface area contributed by atoms with Crippen LogP contribution in [0.3, 0.4) is 0 Å². The molecular weight excluding hydrogens is 272 g/mol. The van der Waals surface area contributed by atoms with Crippen molar-refractivity contribution in [2.24, 2.45) is 0 Å². The number of halogens is 2. The van der Waals surface area contributed by atoms with Gasteiger partial charge in [-0.3, -0.25) is 0 Å². The van der Waals surface area contributed by atoms with Crippen LogP contribution in [0, 0.1) is 18.6 Å². The molecule has 2 heterocycles. The molecule has 0 radical (unpaired) electrons. The van der Waals surface area contributed by atoms with Gasteiger partial charge in [0, 0.05) is 24.8 Å². The van der Waals surface area contributed by atoms with E-state index in [2.05, 4.69) is 10.3 Å². The molecule has 0 unspecified atom stereocenters. The predicted octanol–water partition coefficient (Wildman–Crippen LogP) is 3.21. The van der Waals surface area contributed by atoms with Gasteiger partial charge in [0.1, 0.15) is 5.65 Å². The van der Waals surface area contributed by atoms with Gasteiger partial charge in [-0.05, 0) is 24.6 Å². The lowest BCUT2D eigenvalue weighted by molar-refractivity contribution is 0.492. The van der Waals surface area contributed by atoms with Gasteiger partial charge < -0.3 is 9.72 Å². The zero-order valence-corrected chi connectivity index (χ0v) is 11.6. The number of hydrogen-bond donors (Lipinski definition) is 1. The van der Waals surface area contributed by atoms with Gasteiger partial charge in [0.05, 0.1) is 11.9 Å². The molecule has 5 heteroatoms. The number of hydrogen-bond acceptors (Lipinski definition) is 2. The molecule has 3 aromatic rings. The highest BCUT2D eigenvalue weighted by Crippen LogP contribution is 2.13. The summed E-state index contributed by atoms with van der Waals surface area (Å²) in [4.78, 5) is 4.36. The molecular formula is C16H15F2N3. The first-order valence-electron chi connectivity index (χ1n) is 6.72. The molecule has 0 aliphatic carbocycles. The quantitative estimate of drug-likeness (QED) is 0.798. The van der Waals surface area contributed by atoms with Crippen molar-refractivity contribution in [3.63, 3.8) is 0 Å². The van der Waals surface area contributed by atoms with Crippen LogP contribution in [0.5, 0.6) is 0 Å². The summed E-state index contributed by atoms with van der Waals surface area (Å²) in [5, 5.41) is 3.12. The number of pyridine rings is 1. The number of aryl methyl sites for hydroxylation is 1. The molecule has 0 aliphatic rings. The third-order valence-corrected chi connectivity index (χ3v) is 3.46. The topological polar surface area (TPSA) is 29.3 Å². The SMILES string of the molecule is Cc1cccn2c(CNCc3cccc(F)c3F)cnc12. The van der Waals surface area contributed by atoms with E-state index >= 15 is 0 Å². The number of imidazole rings is 1. The predicted molar refractivity (Wildman–Crippen MR) is 76.8 cm³/mol. The Morgan fingerprint density at radius 2 is 2.00 bits per heavy atom. The molecule has 2 aromatic heterocycles. The van der Waals surface area contributed by atoms with Crippen LogP contribution in [0.1, 0.15) is 16.8 Å². The zero-order valence-electron chi connectivity index (χ0n) is 11.6. The van der Waals surface area contributed by atoms with E-state index in [0.29, 0.717) is 12.1 Å². The molecule has 0 bridgehead atoms. The maximum absolute atomic E-state index is 13.5. The first kappa shape index (κ1) is 13.7. The van der Waals surface area contributed by atoms with Gasteiger partial charge >= 0.3 is 0 Å². The van der Waals surface area contributed by atoms with E-state index in [1.807, 2.05) is 29.7 Å². The second kappa shape index (κ2) is 5.61. The highest BCUT2D eigenvalue weighted by molar-refractivity contribution is 5.48. The number of rotatable bonds is 4. The molecule has 21 heavy (non-hydrogen) atoms. The molecule has 0 amide bonds. The van der Waals surface area contributed by atoms with Crippen LogP contribution < -0.4 is 5.32 Å². The Kier molecular flexibility index (Phi) is 3.66. The van der Waals surface area contributed by atoms with Crippen molar-refractivity contribution in [2.45, 2.75) is 20.0 Å². The molecule has 108 valence electrons. The average Bonchev–Trinajstić information content (AvgIpc) is 2.88. The summed E-state index contributed by atoms with van der Waals surface area (Å²) < 4.78 is 28.6. The monoisotopic (exact) mass is 287 g/mol. The minimum Gasteiger partial charge on any atom is -0.307 e. The second-order valence-electron chi connectivity index (χ2n) is 4.95. The van der Waals surface area contributed by atoms with Crippen LogP contribution in [0.2, 0.25) is 0 Å². The molecule has 0 fully saturated rings. The first-order chi connectivity index (χ1) is 10.2. The Hall–Kier alpha value is -2.27. The molecule has 3 rings (SSSR count). The Bertz CT molecular complexity index is 780. The third-order valence-electron chi connectivity index (χ3n) is 3.46. The number of benzene rings is 1.